The molecule has 4 aromatic rings. The molecule has 0 spiro atoms. The molecule has 31 heavy (non-hydrogen) atoms. The highest BCUT2D eigenvalue weighted by atomic mass is 127. The zero-order chi connectivity index (χ0) is 22.1. The van der Waals surface area contributed by atoms with Crippen LogP contribution in [0.1, 0.15) is 42.1 Å². The highest BCUT2D eigenvalue weighted by Crippen LogP contribution is 2.30. The maximum atomic E-state index is 12.9. The largest absolute Gasteiger partial charge is 0.436 e. The van der Waals surface area contributed by atoms with Gasteiger partial charge in [-0.1, -0.05) is 26.0 Å². The summed E-state index contributed by atoms with van der Waals surface area (Å²) in [6.07, 6.45) is 1.08. The van der Waals surface area contributed by atoms with E-state index in [1.54, 1.807) is 0 Å². The number of carbonyl (C=O) groups is 1. The molecule has 1 N–H and O–H groups in total. The van der Waals surface area contributed by atoms with Gasteiger partial charge in [-0.2, -0.15) is 0 Å². The van der Waals surface area contributed by atoms with Crippen LogP contribution in [0.2, 0.25) is 0 Å². The molecule has 7 heteroatoms. The van der Waals surface area contributed by atoms with Gasteiger partial charge in [-0.05, 0) is 121 Å². The molecular weight excluding hydrogens is 682 g/mol. The Morgan fingerprint density at radius 2 is 1.97 bits per heavy atom. The van der Waals surface area contributed by atoms with Gasteiger partial charge in [-0.3, -0.25) is 4.79 Å². The lowest BCUT2D eigenvalue weighted by molar-refractivity contribution is 0.102. The van der Waals surface area contributed by atoms with Crippen LogP contribution in [0.3, 0.4) is 0 Å². The van der Waals surface area contributed by atoms with Gasteiger partial charge >= 0.3 is 0 Å². The maximum absolute atomic E-state index is 12.9. The fourth-order valence-electron chi connectivity index (χ4n) is 3.26. The molecule has 1 aromatic heterocycles. The third kappa shape index (κ3) is 4.98. The monoisotopic (exact) mass is 700 g/mol. The van der Waals surface area contributed by atoms with Gasteiger partial charge < -0.3 is 9.73 Å². The molecule has 0 unspecified atom stereocenters. The van der Waals surface area contributed by atoms with Crippen molar-refractivity contribution in [2.24, 2.45) is 0 Å². The number of anilines is 1. The summed E-state index contributed by atoms with van der Waals surface area (Å²) < 4.78 is 8.77. The number of amides is 1. The van der Waals surface area contributed by atoms with Crippen LogP contribution in [-0.2, 0) is 0 Å². The second-order valence-electron chi connectivity index (χ2n) is 7.34. The summed E-state index contributed by atoms with van der Waals surface area (Å²) >= 11 is 7.95. The number of hydrogen-bond acceptors (Lipinski definition) is 3. The van der Waals surface area contributed by atoms with Gasteiger partial charge in [0.1, 0.15) is 5.52 Å². The number of rotatable bonds is 5. The molecule has 4 nitrogen and oxygen atoms in total. The average molecular weight is 701 g/mol. The minimum atomic E-state index is -0.170. The fourth-order valence-corrected chi connectivity index (χ4v) is 5.51. The molecule has 1 atom stereocenters. The smallest absolute Gasteiger partial charge is 0.256 e. The molecule has 4 rings (SSSR count). The first-order valence-corrected chi connectivity index (χ1v) is 12.8. The molecule has 0 saturated heterocycles. The summed E-state index contributed by atoms with van der Waals surface area (Å²) in [5.41, 5.74) is 4.96. The number of oxazole rings is 1. The third-order valence-electron chi connectivity index (χ3n) is 5.20. The zero-order valence-corrected chi connectivity index (χ0v) is 22.8. The Kier molecular flexibility index (Phi) is 7.02. The lowest BCUT2D eigenvalue weighted by Gasteiger charge is -2.09. The maximum Gasteiger partial charge on any atom is 0.256 e. The Bertz CT molecular complexity index is 1290. The van der Waals surface area contributed by atoms with Gasteiger partial charge in [0.15, 0.2) is 5.58 Å². The molecular formula is C24H19BrI2N2O2. The predicted molar refractivity (Wildman–Crippen MR) is 146 cm³/mol. The Hall–Kier alpha value is -1.46. The van der Waals surface area contributed by atoms with Gasteiger partial charge in [0.25, 0.3) is 5.91 Å². The minimum absolute atomic E-state index is 0.170. The Morgan fingerprint density at radius 3 is 2.74 bits per heavy atom. The summed E-state index contributed by atoms with van der Waals surface area (Å²) in [6.45, 7) is 4.39. The van der Waals surface area contributed by atoms with Crippen LogP contribution in [0.15, 0.2) is 63.5 Å². The molecule has 0 saturated carbocycles. The second-order valence-corrected chi connectivity index (χ2v) is 10.5. The lowest BCUT2D eigenvalue weighted by atomic mass is 9.98. The number of nitrogens with zero attached hydrogens (tertiary/aromatic N) is 1. The van der Waals surface area contributed by atoms with E-state index in [4.69, 9.17) is 4.42 Å². The van der Waals surface area contributed by atoms with Gasteiger partial charge in [0.2, 0.25) is 5.89 Å². The standard InChI is InChI=1S/C24H19BrI2N2O2/c1-3-13(2)14-7-8-21-20(10-14)29-24(31-21)15-5-4-6-17(9-15)28-23(30)18-11-16(26)12-19(27)22(18)25/h4-13H,3H2,1-2H3,(H,28,30)/t13-/m0/s1. The Balaban J connectivity index is 1.62. The Morgan fingerprint density at radius 1 is 1.16 bits per heavy atom. The second kappa shape index (κ2) is 9.58. The molecule has 158 valence electrons. The van der Waals surface area contributed by atoms with Crippen molar-refractivity contribution in [2.75, 3.05) is 5.32 Å². The highest BCUT2D eigenvalue weighted by molar-refractivity contribution is 14.1. The number of hydrogen-bond donors (Lipinski definition) is 1. The summed E-state index contributed by atoms with van der Waals surface area (Å²) in [5.74, 6) is 0.847. The third-order valence-corrected chi connectivity index (χ3v) is 8.27. The Labute approximate surface area is 216 Å². The van der Waals surface area contributed by atoms with E-state index in [1.807, 2.05) is 42.5 Å². The van der Waals surface area contributed by atoms with Crippen LogP contribution in [0.5, 0.6) is 0 Å². The zero-order valence-electron chi connectivity index (χ0n) is 16.9. The molecule has 0 bridgehead atoms. The average Bonchev–Trinajstić information content (AvgIpc) is 3.19. The summed E-state index contributed by atoms with van der Waals surface area (Å²) in [5, 5.41) is 2.98. The van der Waals surface area contributed by atoms with Crippen LogP contribution in [0, 0.1) is 7.14 Å². The fraction of sp³-hybridized carbons (Fsp3) is 0.167. The number of benzene rings is 3. The molecule has 0 radical (unpaired) electrons. The number of nitrogens with one attached hydrogen (secondary N) is 1. The number of fused-ring (bicyclic) bond motifs is 1. The van der Waals surface area contributed by atoms with Crippen molar-refractivity contribution in [3.63, 3.8) is 0 Å². The quantitative estimate of drug-likeness (QED) is 0.169. The molecule has 0 aliphatic rings. The van der Waals surface area contributed by atoms with Crippen molar-refractivity contribution >= 4 is 83.8 Å². The van der Waals surface area contributed by atoms with Gasteiger partial charge in [0.05, 0.1) is 5.56 Å². The van der Waals surface area contributed by atoms with E-state index in [-0.39, 0.29) is 5.91 Å². The van der Waals surface area contributed by atoms with Crippen molar-refractivity contribution < 1.29 is 9.21 Å². The number of halogens is 3. The van der Waals surface area contributed by atoms with E-state index >= 15 is 0 Å². The molecule has 0 aliphatic heterocycles. The van der Waals surface area contributed by atoms with E-state index in [9.17, 15) is 4.79 Å². The van der Waals surface area contributed by atoms with Gasteiger partial charge in [0, 0.05) is 22.9 Å². The van der Waals surface area contributed by atoms with Crippen molar-refractivity contribution in [3.05, 3.63) is 77.3 Å². The first kappa shape index (κ1) is 22.7. The lowest BCUT2D eigenvalue weighted by Crippen LogP contribution is -2.13. The van der Waals surface area contributed by atoms with E-state index in [0.29, 0.717) is 23.1 Å². The normalized spacial score (nSPS) is 12.2. The van der Waals surface area contributed by atoms with Crippen molar-refractivity contribution in [1.82, 2.24) is 4.98 Å². The van der Waals surface area contributed by atoms with Crippen molar-refractivity contribution in [2.45, 2.75) is 26.2 Å². The summed E-state index contributed by atoms with van der Waals surface area (Å²) in [7, 11) is 0. The molecule has 3 aromatic carbocycles. The van der Waals surface area contributed by atoms with Crippen molar-refractivity contribution in [3.8, 4) is 11.5 Å². The van der Waals surface area contributed by atoms with E-state index in [1.165, 1.54) is 5.56 Å². The molecule has 1 amide bonds. The first-order chi connectivity index (χ1) is 14.9. The van der Waals surface area contributed by atoms with Crippen LogP contribution >= 0.6 is 61.1 Å². The predicted octanol–water partition coefficient (Wildman–Crippen LogP) is 8.23. The number of aromatic nitrogens is 1. The van der Waals surface area contributed by atoms with E-state index in [0.717, 1.165) is 34.7 Å². The molecule has 1 heterocycles. The number of carbonyl (C=O) groups excluding carboxylic acids is 1. The minimum Gasteiger partial charge on any atom is -0.436 e. The van der Waals surface area contributed by atoms with Crippen LogP contribution < -0.4 is 5.32 Å². The van der Waals surface area contributed by atoms with Gasteiger partial charge in [-0.25, -0.2) is 4.98 Å². The first-order valence-electron chi connectivity index (χ1n) is 9.82. The van der Waals surface area contributed by atoms with Gasteiger partial charge in [-0.15, -0.1) is 0 Å². The van der Waals surface area contributed by atoms with Crippen molar-refractivity contribution in [1.29, 1.82) is 0 Å². The van der Waals surface area contributed by atoms with Crippen LogP contribution in [0.25, 0.3) is 22.6 Å². The molecule has 0 aliphatic carbocycles. The highest BCUT2D eigenvalue weighted by Gasteiger charge is 2.15. The SMILES string of the molecule is CC[C@H](C)c1ccc2oc(-c3cccc(NC(=O)c4cc(I)cc(I)c4Br)c3)nc2c1. The summed E-state index contributed by atoms with van der Waals surface area (Å²) in [4.78, 5) is 17.6. The van der Waals surface area contributed by atoms with E-state index < -0.39 is 0 Å². The van der Waals surface area contributed by atoms with Crippen LogP contribution in [0.4, 0.5) is 5.69 Å². The summed E-state index contributed by atoms with van der Waals surface area (Å²) in [6, 6.07) is 17.6. The topological polar surface area (TPSA) is 55.1 Å². The molecule has 0 fully saturated rings. The van der Waals surface area contributed by atoms with E-state index in [2.05, 4.69) is 97.4 Å². The van der Waals surface area contributed by atoms with Crippen LogP contribution in [-0.4, -0.2) is 10.9 Å².